The number of nitrogens with one attached hydrogen (secondary N) is 2. The van der Waals surface area contributed by atoms with Crippen LogP contribution in [0.3, 0.4) is 0 Å². The van der Waals surface area contributed by atoms with Crippen LogP contribution in [0, 0.1) is 5.92 Å². The Morgan fingerprint density at radius 1 is 1.50 bits per heavy atom. The van der Waals surface area contributed by atoms with E-state index in [4.69, 9.17) is 5.11 Å². The molecule has 0 unspecified atom stereocenters. The van der Waals surface area contributed by atoms with Gasteiger partial charge in [-0.1, -0.05) is 6.58 Å². The van der Waals surface area contributed by atoms with Gasteiger partial charge in [-0.15, -0.1) is 0 Å². The molecule has 1 rings (SSSR count). The van der Waals surface area contributed by atoms with Gasteiger partial charge in [0.15, 0.2) is 0 Å². The van der Waals surface area contributed by atoms with Crippen molar-refractivity contribution in [2.75, 3.05) is 19.8 Å². The SMILES string of the molecule is C=C(CC1CNCNC1)C(=O)O. The highest BCUT2D eigenvalue weighted by atomic mass is 16.4. The highest BCUT2D eigenvalue weighted by Gasteiger charge is 2.15. The lowest BCUT2D eigenvalue weighted by atomic mass is 9.99. The van der Waals surface area contributed by atoms with E-state index in [1.807, 2.05) is 0 Å². The third-order valence-corrected chi connectivity index (χ3v) is 1.95. The fourth-order valence-electron chi connectivity index (χ4n) is 1.29. The Hall–Kier alpha value is -0.870. The first kappa shape index (κ1) is 9.22. The van der Waals surface area contributed by atoms with Crippen LogP contribution in [0.1, 0.15) is 6.42 Å². The molecule has 0 aliphatic carbocycles. The fourth-order valence-corrected chi connectivity index (χ4v) is 1.29. The molecule has 0 amide bonds. The zero-order valence-corrected chi connectivity index (χ0v) is 6.97. The summed E-state index contributed by atoms with van der Waals surface area (Å²) in [5, 5.41) is 14.8. The summed E-state index contributed by atoms with van der Waals surface area (Å²) in [6, 6.07) is 0. The lowest BCUT2D eigenvalue weighted by molar-refractivity contribution is -0.132. The van der Waals surface area contributed by atoms with Gasteiger partial charge in [0, 0.05) is 25.3 Å². The molecule has 1 aliphatic rings. The highest BCUT2D eigenvalue weighted by Crippen LogP contribution is 2.10. The van der Waals surface area contributed by atoms with Crippen LogP contribution in [0.4, 0.5) is 0 Å². The van der Waals surface area contributed by atoms with Crippen LogP contribution in [-0.2, 0) is 4.79 Å². The topological polar surface area (TPSA) is 61.4 Å². The van der Waals surface area contributed by atoms with E-state index in [-0.39, 0.29) is 0 Å². The minimum Gasteiger partial charge on any atom is -0.478 e. The quantitative estimate of drug-likeness (QED) is 0.513. The molecule has 0 radical (unpaired) electrons. The summed E-state index contributed by atoms with van der Waals surface area (Å²) in [5.41, 5.74) is 0.297. The van der Waals surface area contributed by atoms with Gasteiger partial charge in [-0.2, -0.15) is 0 Å². The molecule has 0 bridgehead atoms. The third-order valence-electron chi connectivity index (χ3n) is 1.95. The number of hydrogen-bond donors (Lipinski definition) is 3. The number of aliphatic carboxylic acids is 1. The van der Waals surface area contributed by atoms with E-state index in [1.54, 1.807) is 0 Å². The van der Waals surface area contributed by atoms with Gasteiger partial charge in [-0.3, -0.25) is 0 Å². The molecular weight excluding hydrogens is 156 g/mol. The predicted molar refractivity (Wildman–Crippen MR) is 45.8 cm³/mol. The normalized spacial score (nSPS) is 19.0. The summed E-state index contributed by atoms with van der Waals surface area (Å²) in [7, 11) is 0. The van der Waals surface area contributed by atoms with Gasteiger partial charge in [0.2, 0.25) is 0 Å². The standard InChI is InChI=1S/C8H14N2O2/c1-6(8(11)12)2-7-3-9-5-10-4-7/h7,9-10H,1-5H2,(H,11,12). The summed E-state index contributed by atoms with van der Waals surface area (Å²) in [6.45, 7) is 6.06. The zero-order chi connectivity index (χ0) is 8.97. The molecule has 1 aliphatic heterocycles. The van der Waals surface area contributed by atoms with Crippen molar-refractivity contribution in [2.24, 2.45) is 5.92 Å². The maximum atomic E-state index is 10.4. The first-order valence-corrected chi connectivity index (χ1v) is 4.02. The van der Waals surface area contributed by atoms with Gasteiger partial charge >= 0.3 is 5.97 Å². The van der Waals surface area contributed by atoms with Crippen molar-refractivity contribution in [2.45, 2.75) is 6.42 Å². The van der Waals surface area contributed by atoms with E-state index < -0.39 is 5.97 Å². The summed E-state index contributed by atoms with van der Waals surface area (Å²) in [5.74, 6) is -0.525. The van der Waals surface area contributed by atoms with Crippen molar-refractivity contribution in [3.63, 3.8) is 0 Å². The molecule has 0 aromatic rings. The van der Waals surface area contributed by atoms with Gasteiger partial charge < -0.3 is 15.7 Å². The predicted octanol–water partition coefficient (Wildman–Crippen LogP) is -0.216. The van der Waals surface area contributed by atoms with E-state index in [0.717, 1.165) is 19.8 Å². The van der Waals surface area contributed by atoms with Crippen LogP contribution < -0.4 is 10.6 Å². The molecule has 0 saturated carbocycles. The molecule has 0 aromatic carbocycles. The van der Waals surface area contributed by atoms with Crippen LogP contribution >= 0.6 is 0 Å². The van der Waals surface area contributed by atoms with E-state index >= 15 is 0 Å². The Kier molecular flexibility index (Phi) is 3.25. The minimum absolute atomic E-state index is 0.297. The number of carbonyl (C=O) groups is 1. The first-order chi connectivity index (χ1) is 5.70. The van der Waals surface area contributed by atoms with Gasteiger partial charge in [-0.05, 0) is 12.3 Å². The van der Waals surface area contributed by atoms with Gasteiger partial charge in [0.25, 0.3) is 0 Å². The second-order valence-corrected chi connectivity index (χ2v) is 3.06. The zero-order valence-electron chi connectivity index (χ0n) is 6.97. The summed E-state index contributed by atoms with van der Waals surface area (Å²) in [4.78, 5) is 10.4. The van der Waals surface area contributed by atoms with Crippen molar-refractivity contribution in [3.05, 3.63) is 12.2 Å². The number of carboxylic acids is 1. The van der Waals surface area contributed by atoms with Crippen molar-refractivity contribution in [1.29, 1.82) is 0 Å². The van der Waals surface area contributed by atoms with Crippen LogP contribution in [0.2, 0.25) is 0 Å². The molecule has 12 heavy (non-hydrogen) atoms. The van der Waals surface area contributed by atoms with Crippen LogP contribution in [0.15, 0.2) is 12.2 Å². The molecule has 1 heterocycles. The second-order valence-electron chi connectivity index (χ2n) is 3.06. The first-order valence-electron chi connectivity index (χ1n) is 4.02. The van der Waals surface area contributed by atoms with E-state index in [9.17, 15) is 4.79 Å². The molecule has 4 heteroatoms. The molecular formula is C8H14N2O2. The lowest BCUT2D eigenvalue weighted by Crippen LogP contribution is -2.44. The monoisotopic (exact) mass is 170 g/mol. The molecule has 1 saturated heterocycles. The largest absolute Gasteiger partial charge is 0.478 e. The maximum absolute atomic E-state index is 10.4. The van der Waals surface area contributed by atoms with Gasteiger partial charge in [-0.25, -0.2) is 4.79 Å². The van der Waals surface area contributed by atoms with E-state index in [0.29, 0.717) is 17.9 Å². The molecule has 0 spiro atoms. The van der Waals surface area contributed by atoms with E-state index in [1.165, 1.54) is 0 Å². The smallest absolute Gasteiger partial charge is 0.330 e. The minimum atomic E-state index is -0.888. The highest BCUT2D eigenvalue weighted by molar-refractivity contribution is 5.85. The number of carboxylic acid groups (broad SMARTS) is 1. The Labute approximate surface area is 71.7 Å². The maximum Gasteiger partial charge on any atom is 0.330 e. The van der Waals surface area contributed by atoms with Crippen LogP contribution in [0.25, 0.3) is 0 Å². The average molecular weight is 170 g/mol. The van der Waals surface area contributed by atoms with E-state index in [2.05, 4.69) is 17.2 Å². The second kappa shape index (κ2) is 4.23. The fraction of sp³-hybridized carbons (Fsp3) is 0.625. The Morgan fingerprint density at radius 2 is 2.08 bits per heavy atom. The van der Waals surface area contributed by atoms with Crippen molar-refractivity contribution in [3.8, 4) is 0 Å². The number of hydrogen-bond acceptors (Lipinski definition) is 3. The Balaban J connectivity index is 2.29. The lowest BCUT2D eigenvalue weighted by Gasteiger charge is -2.23. The summed E-state index contributed by atoms with van der Waals surface area (Å²) in [6.07, 6.45) is 0.565. The molecule has 68 valence electrons. The Morgan fingerprint density at radius 3 is 2.58 bits per heavy atom. The third kappa shape index (κ3) is 2.64. The molecule has 4 nitrogen and oxygen atoms in total. The number of rotatable bonds is 3. The van der Waals surface area contributed by atoms with Crippen molar-refractivity contribution >= 4 is 5.97 Å². The average Bonchev–Trinajstić information content (AvgIpc) is 2.06. The van der Waals surface area contributed by atoms with Gasteiger partial charge in [0.05, 0.1) is 0 Å². The van der Waals surface area contributed by atoms with Crippen LogP contribution in [0.5, 0.6) is 0 Å². The molecule has 1 fully saturated rings. The molecule has 0 aromatic heterocycles. The Bertz CT molecular complexity index is 185. The van der Waals surface area contributed by atoms with Crippen molar-refractivity contribution in [1.82, 2.24) is 10.6 Å². The molecule has 3 N–H and O–H groups in total. The van der Waals surface area contributed by atoms with Crippen molar-refractivity contribution < 1.29 is 9.90 Å². The summed E-state index contributed by atoms with van der Waals surface area (Å²) >= 11 is 0. The molecule has 0 atom stereocenters. The van der Waals surface area contributed by atoms with Crippen LogP contribution in [-0.4, -0.2) is 30.8 Å². The summed E-state index contributed by atoms with van der Waals surface area (Å²) < 4.78 is 0. The van der Waals surface area contributed by atoms with Gasteiger partial charge in [0.1, 0.15) is 0 Å².